The first-order valence-electron chi connectivity index (χ1n) is 6.14. The van der Waals surface area contributed by atoms with Crippen molar-refractivity contribution in [3.63, 3.8) is 0 Å². The Morgan fingerprint density at radius 1 is 1.47 bits per heavy atom. The van der Waals surface area contributed by atoms with E-state index in [0.29, 0.717) is 11.9 Å². The van der Waals surface area contributed by atoms with Crippen LogP contribution in [0.4, 0.5) is 0 Å². The van der Waals surface area contributed by atoms with Crippen LogP contribution in [0.5, 0.6) is 0 Å². The minimum Gasteiger partial charge on any atom is -0.312 e. The van der Waals surface area contributed by atoms with E-state index in [2.05, 4.69) is 15.4 Å². The lowest BCUT2D eigenvalue weighted by molar-refractivity contribution is 0.441. The Bertz CT molecular complexity index is 342. The molecule has 2 aliphatic rings. The van der Waals surface area contributed by atoms with Gasteiger partial charge in [-0.2, -0.15) is 0 Å². The molecule has 1 heterocycles. The van der Waals surface area contributed by atoms with Crippen molar-refractivity contribution in [2.75, 3.05) is 0 Å². The summed E-state index contributed by atoms with van der Waals surface area (Å²) in [6, 6.07) is 0.327. The number of nitrogens with zero attached hydrogens (tertiary/aromatic N) is 2. The number of nitrogens with two attached hydrogens (primary N) is 2. The molecule has 17 heavy (non-hydrogen) atoms. The smallest absolute Gasteiger partial charge is 0.137 e. The third kappa shape index (κ3) is 2.89. The van der Waals surface area contributed by atoms with Crippen molar-refractivity contribution >= 4 is 17.8 Å². The zero-order chi connectivity index (χ0) is 12.3. The first-order valence-corrected chi connectivity index (χ1v) is 6.14. The molecule has 6 nitrogen and oxygen atoms in total. The molecule has 1 saturated carbocycles. The summed E-state index contributed by atoms with van der Waals surface area (Å²) in [4.78, 5) is 8.67. The molecule has 94 valence electrons. The highest BCUT2D eigenvalue weighted by Gasteiger charge is 2.33. The average molecular weight is 236 g/mol. The molecule has 2 atom stereocenters. The fourth-order valence-corrected chi connectivity index (χ4v) is 2.31. The molecule has 0 aromatic rings. The van der Waals surface area contributed by atoms with Gasteiger partial charge in [0, 0.05) is 6.21 Å². The Kier molecular flexibility index (Phi) is 3.86. The quantitative estimate of drug-likeness (QED) is 0.242. The summed E-state index contributed by atoms with van der Waals surface area (Å²) in [5.41, 5.74) is 9.04. The van der Waals surface area contributed by atoms with E-state index in [-0.39, 0.29) is 12.1 Å². The third-order valence-corrected chi connectivity index (χ3v) is 3.35. The van der Waals surface area contributed by atoms with E-state index in [9.17, 15) is 0 Å². The zero-order valence-electron chi connectivity index (χ0n) is 9.89. The van der Waals surface area contributed by atoms with Crippen LogP contribution in [0, 0.1) is 11.3 Å². The average Bonchev–Trinajstić information content (AvgIpc) is 3.07. The van der Waals surface area contributed by atoms with Gasteiger partial charge in [-0.3, -0.25) is 9.98 Å². The van der Waals surface area contributed by atoms with E-state index in [1.165, 1.54) is 25.5 Å². The number of hydrogen-bond donors (Lipinski definition) is 4. The van der Waals surface area contributed by atoms with Crippen molar-refractivity contribution in [2.24, 2.45) is 27.5 Å². The fraction of sp³-hybridized carbons (Fsp3) is 0.727. The maximum atomic E-state index is 7.43. The van der Waals surface area contributed by atoms with E-state index < -0.39 is 0 Å². The van der Waals surface area contributed by atoms with Crippen LogP contribution >= 0.6 is 0 Å². The molecule has 0 bridgehead atoms. The van der Waals surface area contributed by atoms with E-state index >= 15 is 0 Å². The number of hydrazine groups is 1. The topological polar surface area (TPSA) is 113 Å². The zero-order valence-corrected chi connectivity index (χ0v) is 9.89. The monoisotopic (exact) mass is 236 g/mol. The SMILES string of the molecule is N=CC(C(=NC1CCCCC1)NN)C1=NC1N. The summed E-state index contributed by atoms with van der Waals surface area (Å²) in [7, 11) is 0. The third-order valence-electron chi connectivity index (χ3n) is 3.35. The molecule has 0 aromatic carbocycles. The minimum atomic E-state index is -0.267. The summed E-state index contributed by atoms with van der Waals surface area (Å²) in [5, 5.41) is 7.43. The molecule has 0 amide bonds. The molecule has 0 aromatic heterocycles. The summed E-state index contributed by atoms with van der Waals surface area (Å²) in [6.45, 7) is 0. The minimum absolute atomic E-state index is 0.244. The summed E-state index contributed by atoms with van der Waals surface area (Å²) >= 11 is 0. The predicted molar refractivity (Wildman–Crippen MR) is 69.3 cm³/mol. The van der Waals surface area contributed by atoms with Gasteiger partial charge in [0.05, 0.1) is 17.7 Å². The van der Waals surface area contributed by atoms with Crippen molar-refractivity contribution in [1.29, 1.82) is 5.41 Å². The van der Waals surface area contributed by atoms with Crippen LogP contribution < -0.4 is 17.0 Å². The van der Waals surface area contributed by atoms with Crippen molar-refractivity contribution in [2.45, 2.75) is 44.3 Å². The highest BCUT2D eigenvalue weighted by atomic mass is 15.3. The molecule has 0 radical (unpaired) electrons. The molecule has 6 heteroatoms. The standard InChI is InChI=1S/C11H20N6/c12-6-8(9-10(13)16-9)11(17-14)15-7-4-2-1-3-5-7/h6-8,10,12H,1-5,13-14H2,(H,15,17). The molecule has 2 unspecified atom stereocenters. The molecule has 1 aliphatic heterocycles. The van der Waals surface area contributed by atoms with Gasteiger partial charge in [0.2, 0.25) is 0 Å². The highest BCUT2D eigenvalue weighted by molar-refractivity contribution is 6.23. The number of rotatable bonds is 4. The van der Waals surface area contributed by atoms with Crippen LogP contribution in [0.2, 0.25) is 0 Å². The largest absolute Gasteiger partial charge is 0.312 e. The Labute approximate surface area is 101 Å². The predicted octanol–water partition coefficient (Wildman–Crippen LogP) is 0.186. The Morgan fingerprint density at radius 3 is 2.59 bits per heavy atom. The van der Waals surface area contributed by atoms with Gasteiger partial charge in [0.1, 0.15) is 12.0 Å². The second kappa shape index (κ2) is 5.37. The Balaban J connectivity index is 2.05. The molecule has 6 N–H and O–H groups in total. The number of hydrogen-bond acceptors (Lipinski definition) is 5. The van der Waals surface area contributed by atoms with Crippen molar-refractivity contribution < 1.29 is 0 Å². The van der Waals surface area contributed by atoms with Gasteiger partial charge in [-0.25, -0.2) is 5.84 Å². The van der Waals surface area contributed by atoms with E-state index in [1.54, 1.807) is 0 Å². The summed E-state index contributed by atoms with van der Waals surface area (Å²) in [6.07, 6.45) is 7.01. The van der Waals surface area contributed by atoms with Gasteiger partial charge < -0.3 is 16.6 Å². The van der Waals surface area contributed by atoms with Gasteiger partial charge in [-0.15, -0.1) is 0 Å². The fourth-order valence-electron chi connectivity index (χ4n) is 2.31. The lowest BCUT2D eigenvalue weighted by Gasteiger charge is -2.20. The Morgan fingerprint density at radius 2 is 2.12 bits per heavy atom. The summed E-state index contributed by atoms with van der Waals surface area (Å²) < 4.78 is 0. The second-order valence-corrected chi connectivity index (χ2v) is 4.59. The lowest BCUT2D eigenvalue weighted by Crippen LogP contribution is -2.41. The second-order valence-electron chi connectivity index (χ2n) is 4.59. The van der Waals surface area contributed by atoms with Gasteiger partial charge in [0.15, 0.2) is 0 Å². The van der Waals surface area contributed by atoms with Crippen LogP contribution in [0.15, 0.2) is 9.98 Å². The normalized spacial score (nSPS) is 27.3. The lowest BCUT2D eigenvalue weighted by atomic mass is 9.95. The molecule has 1 fully saturated rings. The molecule has 2 rings (SSSR count). The molecule has 0 saturated heterocycles. The maximum Gasteiger partial charge on any atom is 0.137 e. The Hall–Kier alpha value is -1.27. The highest BCUT2D eigenvalue weighted by Crippen LogP contribution is 2.22. The van der Waals surface area contributed by atoms with Crippen molar-refractivity contribution in [3.05, 3.63) is 0 Å². The first kappa shape index (κ1) is 12.2. The van der Waals surface area contributed by atoms with Gasteiger partial charge in [-0.1, -0.05) is 19.3 Å². The molecular formula is C11H20N6. The van der Waals surface area contributed by atoms with Gasteiger partial charge in [-0.05, 0) is 12.8 Å². The van der Waals surface area contributed by atoms with E-state index in [1.807, 2.05) is 0 Å². The molecule has 1 aliphatic carbocycles. The first-order chi connectivity index (χ1) is 8.26. The van der Waals surface area contributed by atoms with Crippen LogP contribution in [0.3, 0.4) is 0 Å². The molecular weight excluding hydrogens is 216 g/mol. The van der Waals surface area contributed by atoms with Gasteiger partial charge >= 0.3 is 0 Å². The van der Waals surface area contributed by atoms with Crippen LogP contribution in [0.1, 0.15) is 32.1 Å². The van der Waals surface area contributed by atoms with Crippen molar-refractivity contribution in [1.82, 2.24) is 5.43 Å². The van der Waals surface area contributed by atoms with E-state index in [0.717, 1.165) is 18.6 Å². The van der Waals surface area contributed by atoms with Crippen LogP contribution in [-0.4, -0.2) is 30.0 Å². The number of nitrogens with one attached hydrogen (secondary N) is 2. The number of amidine groups is 1. The van der Waals surface area contributed by atoms with Crippen molar-refractivity contribution in [3.8, 4) is 0 Å². The molecule has 0 spiro atoms. The van der Waals surface area contributed by atoms with E-state index in [4.69, 9.17) is 17.0 Å². The maximum absolute atomic E-state index is 7.43. The number of aliphatic imine (C=N–C) groups is 2. The van der Waals surface area contributed by atoms with Gasteiger partial charge in [0.25, 0.3) is 0 Å². The summed E-state index contributed by atoms with van der Waals surface area (Å²) in [5.74, 6) is 5.85. The van der Waals surface area contributed by atoms with Crippen LogP contribution in [-0.2, 0) is 0 Å². The van der Waals surface area contributed by atoms with Crippen LogP contribution in [0.25, 0.3) is 0 Å².